The van der Waals surface area contributed by atoms with Gasteiger partial charge in [-0.3, -0.25) is 9.78 Å². The SMILES string of the molecule is CCc1c(-c2ccnc(C)c2)[nH]c2ccc(CNC(=O)CCN(C)C)cc12. The Bertz CT molecular complexity index is 943. The first kappa shape index (κ1) is 19.1. The number of pyridine rings is 1. The van der Waals surface area contributed by atoms with Gasteiger partial charge in [0.05, 0.1) is 0 Å². The van der Waals surface area contributed by atoms with E-state index in [0.717, 1.165) is 41.0 Å². The average molecular weight is 364 g/mol. The van der Waals surface area contributed by atoms with Crippen LogP contribution in [0.15, 0.2) is 36.5 Å². The number of aromatic nitrogens is 2. The van der Waals surface area contributed by atoms with Gasteiger partial charge in [0.2, 0.25) is 5.91 Å². The largest absolute Gasteiger partial charge is 0.354 e. The molecule has 0 saturated carbocycles. The summed E-state index contributed by atoms with van der Waals surface area (Å²) in [4.78, 5) is 21.9. The van der Waals surface area contributed by atoms with Crippen LogP contribution in [-0.2, 0) is 17.8 Å². The Labute approximate surface area is 160 Å². The van der Waals surface area contributed by atoms with Crippen LogP contribution in [0.25, 0.3) is 22.2 Å². The number of carbonyl (C=O) groups excluding carboxylic acids is 1. The maximum absolute atomic E-state index is 12.0. The Morgan fingerprint density at radius 3 is 2.74 bits per heavy atom. The molecule has 0 bridgehead atoms. The molecule has 0 fully saturated rings. The van der Waals surface area contributed by atoms with Gasteiger partial charge in [0.15, 0.2) is 0 Å². The van der Waals surface area contributed by atoms with E-state index in [9.17, 15) is 4.79 Å². The number of hydrogen-bond donors (Lipinski definition) is 2. The predicted molar refractivity (Wildman–Crippen MR) is 111 cm³/mol. The fraction of sp³-hybridized carbons (Fsp3) is 0.364. The summed E-state index contributed by atoms with van der Waals surface area (Å²) in [5, 5.41) is 4.24. The van der Waals surface area contributed by atoms with E-state index in [1.54, 1.807) is 0 Å². The third kappa shape index (κ3) is 4.55. The fourth-order valence-electron chi connectivity index (χ4n) is 3.33. The van der Waals surface area contributed by atoms with Crippen molar-refractivity contribution < 1.29 is 4.79 Å². The molecule has 0 aliphatic carbocycles. The number of fused-ring (bicyclic) bond motifs is 1. The van der Waals surface area contributed by atoms with Gasteiger partial charge in [0.25, 0.3) is 0 Å². The summed E-state index contributed by atoms with van der Waals surface area (Å²) in [7, 11) is 3.95. The van der Waals surface area contributed by atoms with Crippen molar-refractivity contribution in [3.8, 4) is 11.3 Å². The molecule has 0 atom stereocenters. The van der Waals surface area contributed by atoms with E-state index in [2.05, 4.69) is 46.5 Å². The number of amides is 1. The fourth-order valence-corrected chi connectivity index (χ4v) is 3.33. The number of nitrogens with zero attached hydrogens (tertiary/aromatic N) is 2. The molecule has 0 saturated heterocycles. The van der Waals surface area contributed by atoms with Crippen LogP contribution >= 0.6 is 0 Å². The van der Waals surface area contributed by atoms with Gasteiger partial charge < -0.3 is 15.2 Å². The molecule has 3 rings (SSSR count). The number of H-pyrrole nitrogens is 1. The van der Waals surface area contributed by atoms with Crippen LogP contribution in [0.2, 0.25) is 0 Å². The highest BCUT2D eigenvalue weighted by molar-refractivity contribution is 5.91. The summed E-state index contributed by atoms with van der Waals surface area (Å²) in [6, 6.07) is 10.5. The van der Waals surface area contributed by atoms with Gasteiger partial charge in [0, 0.05) is 53.6 Å². The highest BCUT2D eigenvalue weighted by Crippen LogP contribution is 2.31. The molecule has 0 aliphatic rings. The molecule has 0 aliphatic heterocycles. The van der Waals surface area contributed by atoms with Crippen LogP contribution < -0.4 is 5.32 Å². The van der Waals surface area contributed by atoms with E-state index in [0.29, 0.717) is 13.0 Å². The van der Waals surface area contributed by atoms with Gasteiger partial charge in [-0.15, -0.1) is 0 Å². The maximum Gasteiger partial charge on any atom is 0.221 e. The highest BCUT2D eigenvalue weighted by Gasteiger charge is 2.13. The summed E-state index contributed by atoms with van der Waals surface area (Å²) in [6.07, 6.45) is 3.31. The van der Waals surface area contributed by atoms with Crippen molar-refractivity contribution in [3.05, 3.63) is 53.3 Å². The minimum atomic E-state index is 0.0848. The van der Waals surface area contributed by atoms with Gasteiger partial charge >= 0.3 is 0 Å². The number of carbonyl (C=O) groups is 1. The molecular formula is C22H28N4O. The van der Waals surface area contributed by atoms with Gasteiger partial charge in [-0.2, -0.15) is 0 Å². The van der Waals surface area contributed by atoms with E-state index < -0.39 is 0 Å². The van der Waals surface area contributed by atoms with Crippen LogP contribution in [0.3, 0.4) is 0 Å². The number of aromatic amines is 1. The molecule has 1 amide bonds. The number of rotatable bonds is 7. The van der Waals surface area contributed by atoms with Crippen molar-refractivity contribution in [2.75, 3.05) is 20.6 Å². The monoisotopic (exact) mass is 364 g/mol. The van der Waals surface area contributed by atoms with Gasteiger partial charge in [-0.25, -0.2) is 0 Å². The lowest BCUT2D eigenvalue weighted by atomic mass is 10.0. The molecule has 3 aromatic rings. The van der Waals surface area contributed by atoms with Crippen molar-refractivity contribution in [2.24, 2.45) is 0 Å². The molecule has 142 valence electrons. The van der Waals surface area contributed by atoms with Crippen molar-refractivity contribution in [1.29, 1.82) is 0 Å². The van der Waals surface area contributed by atoms with Gasteiger partial charge in [-0.1, -0.05) is 13.0 Å². The van der Waals surface area contributed by atoms with Crippen LogP contribution in [0.4, 0.5) is 0 Å². The van der Waals surface area contributed by atoms with E-state index in [4.69, 9.17) is 0 Å². The third-order valence-electron chi connectivity index (χ3n) is 4.79. The van der Waals surface area contributed by atoms with Crippen molar-refractivity contribution in [3.63, 3.8) is 0 Å². The van der Waals surface area contributed by atoms with Crippen LogP contribution in [0.1, 0.15) is 30.2 Å². The topological polar surface area (TPSA) is 61.0 Å². The lowest BCUT2D eigenvalue weighted by Gasteiger charge is -2.10. The Morgan fingerprint density at radius 1 is 1.22 bits per heavy atom. The molecule has 0 unspecified atom stereocenters. The highest BCUT2D eigenvalue weighted by atomic mass is 16.1. The molecule has 0 spiro atoms. The van der Waals surface area contributed by atoms with Crippen LogP contribution in [0.5, 0.6) is 0 Å². The van der Waals surface area contributed by atoms with Crippen molar-refractivity contribution in [2.45, 2.75) is 33.2 Å². The minimum absolute atomic E-state index is 0.0848. The van der Waals surface area contributed by atoms with Crippen LogP contribution in [-0.4, -0.2) is 41.4 Å². The van der Waals surface area contributed by atoms with E-state index in [-0.39, 0.29) is 5.91 Å². The first-order valence-electron chi connectivity index (χ1n) is 9.46. The standard InChI is InChI=1S/C22H28N4O/c1-5-18-19-13-16(14-24-21(27)9-11-26(3)4)6-7-20(19)25-22(18)17-8-10-23-15(2)12-17/h6-8,10,12-13,25H,5,9,11,14H2,1-4H3,(H,24,27). The summed E-state index contributed by atoms with van der Waals surface area (Å²) in [5.74, 6) is 0.0848. The number of benzene rings is 1. The van der Waals surface area contributed by atoms with Gasteiger partial charge in [0.1, 0.15) is 0 Å². The zero-order valence-electron chi connectivity index (χ0n) is 16.6. The number of aryl methyl sites for hydroxylation is 2. The first-order valence-corrected chi connectivity index (χ1v) is 9.46. The second-order valence-corrected chi connectivity index (χ2v) is 7.23. The molecule has 5 heteroatoms. The first-order chi connectivity index (χ1) is 13.0. The Morgan fingerprint density at radius 2 is 2.04 bits per heavy atom. The quantitative estimate of drug-likeness (QED) is 0.672. The van der Waals surface area contributed by atoms with Crippen LogP contribution in [0, 0.1) is 6.92 Å². The van der Waals surface area contributed by atoms with Crippen molar-refractivity contribution in [1.82, 2.24) is 20.2 Å². The van der Waals surface area contributed by atoms with E-state index in [1.165, 1.54) is 10.9 Å². The normalized spacial score (nSPS) is 11.3. The predicted octanol–water partition coefficient (Wildman–Crippen LogP) is 3.67. The molecule has 27 heavy (non-hydrogen) atoms. The smallest absolute Gasteiger partial charge is 0.221 e. The molecule has 2 heterocycles. The lowest BCUT2D eigenvalue weighted by Crippen LogP contribution is -2.26. The Hall–Kier alpha value is -2.66. The lowest BCUT2D eigenvalue weighted by molar-refractivity contribution is -0.121. The second kappa shape index (κ2) is 8.35. The zero-order chi connectivity index (χ0) is 19.4. The minimum Gasteiger partial charge on any atom is -0.354 e. The van der Waals surface area contributed by atoms with Crippen molar-refractivity contribution >= 4 is 16.8 Å². The number of nitrogens with one attached hydrogen (secondary N) is 2. The van der Waals surface area contributed by atoms with E-state index >= 15 is 0 Å². The third-order valence-corrected chi connectivity index (χ3v) is 4.79. The maximum atomic E-state index is 12.0. The Kier molecular flexibility index (Phi) is 5.91. The zero-order valence-corrected chi connectivity index (χ0v) is 16.6. The molecule has 1 aromatic carbocycles. The number of hydrogen-bond acceptors (Lipinski definition) is 3. The molecule has 0 radical (unpaired) electrons. The molecule has 2 N–H and O–H groups in total. The summed E-state index contributed by atoms with van der Waals surface area (Å²) in [5.41, 5.74) is 6.87. The second-order valence-electron chi connectivity index (χ2n) is 7.23. The summed E-state index contributed by atoms with van der Waals surface area (Å²) in [6.45, 7) is 5.50. The summed E-state index contributed by atoms with van der Waals surface area (Å²) < 4.78 is 0. The molecular weight excluding hydrogens is 336 g/mol. The van der Waals surface area contributed by atoms with E-state index in [1.807, 2.05) is 38.2 Å². The summed E-state index contributed by atoms with van der Waals surface area (Å²) >= 11 is 0. The Balaban J connectivity index is 1.83. The average Bonchev–Trinajstić information content (AvgIpc) is 3.02. The molecule has 5 nitrogen and oxygen atoms in total. The van der Waals surface area contributed by atoms with Gasteiger partial charge in [-0.05, 0) is 62.8 Å². The molecule has 2 aromatic heterocycles.